The number of carbonyl (C=O) groups is 1. The van der Waals surface area contributed by atoms with Gasteiger partial charge in [0.25, 0.3) is 0 Å². The average molecular weight is 362 g/mol. The molecule has 8 heteroatoms. The van der Waals surface area contributed by atoms with Crippen molar-refractivity contribution in [2.24, 2.45) is 0 Å². The Bertz CT molecular complexity index is 580. The zero-order valence-electron chi connectivity index (χ0n) is 11.8. The molecule has 1 aromatic rings. The first-order valence-electron chi connectivity index (χ1n) is 5.80. The third kappa shape index (κ3) is 7.62. The molecule has 0 unspecified atom stereocenters. The quantitative estimate of drug-likeness (QED) is 0.570. The van der Waals surface area contributed by atoms with Gasteiger partial charge in [-0.3, -0.25) is 0 Å². The summed E-state index contributed by atoms with van der Waals surface area (Å²) in [4.78, 5) is 15.9. The Hall–Kier alpha value is -0.912. The SMILES string of the molecule is CC(C)(C)OC(=O)[As]c1cccc(COS(C)(=O)=O)n1. The summed E-state index contributed by atoms with van der Waals surface area (Å²) < 4.78 is 32.0. The number of rotatable bonds is 5. The van der Waals surface area contributed by atoms with Crippen LogP contribution in [0.2, 0.25) is 0 Å². The molecular weight excluding hydrogens is 345 g/mol. The molecule has 20 heavy (non-hydrogen) atoms. The first kappa shape index (κ1) is 17.1. The number of aromatic nitrogens is 1. The van der Waals surface area contributed by atoms with Gasteiger partial charge in [-0.2, -0.15) is 0 Å². The van der Waals surface area contributed by atoms with Gasteiger partial charge in [0.15, 0.2) is 0 Å². The second-order valence-electron chi connectivity index (χ2n) is 5.05. The van der Waals surface area contributed by atoms with Crippen LogP contribution in [0.4, 0.5) is 4.79 Å². The normalized spacial score (nSPS) is 12.8. The van der Waals surface area contributed by atoms with Crippen molar-refractivity contribution < 1.29 is 22.1 Å². The van der Waals surface area contributed by atoms with Gasteiger partial charge < -0.3 is 0 Å². The summed E-state index contributed by atoms with van der Waals surface area (Å²) in [6.07, 6.45) is 0.976. The van der Waals surface area contributed by atoms with E-state index in [4.69, 9.17) is 4.74 Å². The van der Waals surface area contributed by atoms with E-state index in [0.717, 1.165) is 6.26 Å². The van der Waals surface area contributed by atoms with Gasteiger partial charge in [-0.15, -0.1) is 0 Å². The van der Waals surface area contributed by atoms with Crippen molar-refractivity contribution >= 4 is 35.1 Å². The second-order valence-corrected chi connectivity index (χ2v) is 8.89. The van der Waals surface area contributed by atoms with Crippen LogP contribution in [0.15, 0.2) is 18.2 Å². The van der Waals surface area contributed by atoms with Crippen molar-refractivity contribution in [2.45, 2.75) is 33.0 Å². The van der Waals surface area contributed by atoms with Crippen molar-refractivity contribution in [3.8, 4) is 0 Å². The van der Waals surface area contributed by atoms with Crippen LogP contribution in [0.25, 0.3) is 0 Å². The van der Waals surface area contributed by atoms with E-state index in [1.54, 1.807) is 39.0 Å². The van der Waals surface area contributed by atoms with Crippen LogP contribution in [-0.2, 0) is 25.6 Å². The summed E-state index contributed by atoms with van der Waals surface area (Å²) in [5, 5.41) is 0. The zero-order chi connectivity index (χ0) is 15.4. The molecule has 0 saturated heterocycles. The molecule has 0 aliphatic rings. The zero-order valence-corrected chi connectivity index (χ0v) is 14.5. The molecule has 0 N–H and O–H groups in total. The fourth-order valence-electron chi connectivity index (χ4n) is 1.16. The Balaban J connectivity index is 2.66. The summed E-state index contributed by atoms with van der Waals surface area (Å²) in [6.45, 7) is 5.27. The molecule has 1 rings (SSSR count). The molecule has 0 atom stereocenters. The summed E-state index contributed by atoms with van der Waals surface area (Å²) >= 11 is -0.878. The maximum atomic E-state index is 11.7. The van der Waals surface area contributed by atoms with Crippen LogP contribution in [0.1, 0.15) is 26.5 Å². The molecule has 0 aromatic carbocycles. The average Bonchev–Trinajstić information content (AvgIpc) is 2.23. The van der Waals surface area contributed by atoms with Crippen LogP contribution < -0.4 is 4.48 Å². The number of ether oxygens (including phenoxy) is 1. The molecule has 0 bridgehead atoms. The van der Waals surface area contributed by atoms with Gasteiger partial charge in [-0.1, -0.05) is 0 Å². The number of carbonyl (C=O) groups excluding carboxylic acids is 1. The molecule has 111 valence electrons. The van der Waals surface area contributed by atoms with Crippen molar-refractivity contribution in [2.75, 3.05) is 6.26 Å². The second kappa shape index (κ2) is 6.70. The third-order valence-electron chi connectivity index (χ3n) is 1.81. The minimum absolute atomic E-state index is 0.137. The van der Waals surface area contributed by atoms with Gasteiger partial charge in [-0.05, 0) is 0 Å². The molecular formula is C12H17AsNO5S. The van der Waals surface area contributed by atoms with Gasteiger partial charge in [-0.25, -0.2) is 0 Å². The first-order chi connectivity index (χ1) is 9.05. The first-order valence-corrected chi connectivity index (χ1v) is 9.49. The Morgan fingerprint density at radius 3 is 2.55 bits per heavy atom. The molecule has 1 heterocycles. The van der Waals surface area contributed by atoms with E-state index in [-0.39, 0.29) is 11.4 Å². The van der Waals surface area contributed by atoms with Crippen LogP contribution in [0, 0.1) is 0 Å². The number of nitrogens with zero attached hydrogens (tertiary/aromatic N) is 1. The molecule has 1 radical (unpaired) electrons. The minimum atomic E-state index is -3.51. The van der Waals surface area contributed by atoms with E-state index in [1.165, 1.54) is 0 Å². The fraction of sp³-hybridized carbons (Fsp3) is 0.500. The third-order valence-corrected chi connectivity index (χ3v) is 3.94. The van der Waals surface area contributed by atoms with E-state index in [9.17, 15) is 13.2 Å². The number of pyridine rings is 1. The topological polar surface area (TPSA) is 82.6 Å². The van der Waals surface area contributed by atoms with E-state index < -0.39 is 31.5 Å². The van der Waals surface area contributed by atoms with Gasteiger partial charge in [0.05, 0.1) is 0 Å². The van der Waals surface area contributed by atoms with Crippen LogP contribution in [0.5, 0.6) is 0 Å². The molecule has 1 aromatic heterocycles. The summed E-state index contributed by atoms with van der Waals surface area (Å²) in [5.41, 5.74) is -0.0595. The molecule has 0 spiro atoms. The van der Waals surface area contributed by atoms with Crippen LogP contribution in [0.3, 0.4) is 0 Å². The predicted octanol–water partition coefficient (Wildman–Crippen LogP) is 0.822. The molecule has 0 saturated carbocycles. The molecule has 6 nitrogen and oxygen atoms in total. The van der Waals surface area contributed by atoms with E-state index in [1.807, 2.05) is 0 Å². The number of hydrogen-bond acceptors (Lipinski definition) is 6. The van der Waals surface area contributed by atoms with E-state index in [0.29, 0.717) is 10.2 Å². The Morgan fingerprint density at radius 1 is 1.35 bits per heavy atom. The van der Waals surface area contributed by atoms with Crippen molar-refractivity contribution in [3.63, 3.8) is 0 Å². The van der Waals surface area contributed by atoms with Gasteiger partial charge in [0.1, 0.15) is 0 Å². The van der Waals surface area contributed by atoms with Gasteiger partial charge >= 0.3 is 125 Å². The summed E-state index contributed by atoms with van der Waals surface area (Å²) in [7, 11) is -3.51. The van der Waals surface area contributed by atoms with Crippen molar-refractivity contribution in [1.29, 1.82) is 0 Å². The van der Waals surface area contributed by atoms with Crippen LogP contribution >= 0.6 is 0 Å². The molecule has 0 aliphatic carbocycles. The monoisotopic (exact) mass is 362 g/mol. The summed E-state index contributed by atoms with van der Waals surface area (Å²) in [5.74, 6) is 0. The number of hydrogen-bond donors (Lipinski definition) is 0. The molecule has 0 amide bonds. The van der Waals surface area contributed by atoms with E-state index >= 15 is 0 Å². The maximum absolute atomic E-state index is 11.7. The standard InChI is InChI=1S/C12H17AsNO5S/c1-12(2,3)19-11(15)13-10-7-5-6-9(14-10)8-18-20(4,16)17/h5-7H,8H2,1-4H3. The van der Waals surface area contributed by atoms with Crippen LogP contribution in [-0.4, -0.2) is 45.8 Å². The van der Waals surface area contributed by atoms with Crippen molar-refractivity contribution in [3.05, 3.63) is 23.9 Å². The predicted molar refractivity (Wildman–Crippen MR) is 75.5 cm³/mol. The van der Waals surface area contributed by atoms with Crippen molar-refractivity contribution in [1.82, 2.24) is 4.98 Å². The Morgan fingerprint density at radius 2 is 2.00 bits per heavy atom. The van der Waals surface area contributed by atoms with Gasteiger partial charge in [0.2, 0.25) is 0 Å². The Kier molecular flexibility index (Phi) is 5.74. The Labute approximate surface area is 125 Å². The molecule has 0 fully saturated rings. The summed E-state index contributed by atoms with van der Waals surface area (Å²) in [6, 6.07) is 5.07. The molecule has 0 aliphatic heterocycles. The van der Waals surface area contributed by atoms with Gasteiger partial charge in [0, 0.05) is 0 Å². The van der Waals surface area contributed by atoms with E-state index in [2.05, 4.69) is 9.17 Å². The fourth-order valence-corrected chi connectivity index (χ4v) is 3.26.